The van der Waals surface area contributed by atoms with E-state index in [0.717, 1.165) is 11.1 Å². The first-order valence-electron chi connectivity index (χ1n) is 9.66. The monoisotopic (exact) mass is 382 g/mol. The van der Waals surface area contributed by atoms with Crippen molar-refractivity contribution in [3.8, 4) is 11.1 Å². The Hall–Kier alpha value is -3.66. The smallest absolute Gasteiger partial charge is 0.261 e. The molecule has 2 N–H and O–H groups in total. The van der Waals surface area contributed by atoms with Gasteiger partial charge in [0, 0.05) is 28.4 Å². The third-order valence-corrected chi connectivity index (χ3v) is 5.07. The molecular weight excluding hydrogens is 360 g/mol. The van der Waals surface area contributed by atoms with Crippen LogP contribution in [-0.4, -0.2) is 10.9 Å². The number of benzene rings is 3. The van der Waals surface area contributed by atoms with Crippen LogP contribution in [0.2, 0.25) is 0 Å². The summed E-state index contributed by atoms with van der Waals surface area (Å²) in [7, 11) is 0. The predicted molar refractivity (Wildman–Crippen MR) is 118 cm³/mol. The molecule has 144 valence electrons. The fourth-order valence-corrected chi connectivity index (χ4v) is 3.44. The lowest BCUT2D eigenvalue weighted by Crippen LogP contribution is -2.22. The van der Waals surface area contributed by atoms with Crippen LogP contribution in [0.1, 0.15) is 35.7 Å². The Bertz CT molecular complexity index is 1250. The number of aromatic amines is 1. The van der Waals surface area contributed by atoms with E-state index in [1.54, 1.807) is 12.1 Å². The number of carbonyl (C=O) groups excluding carboxylic acids is 1. The summed E-state index contributed by atoms with van der Waals surface area (Å²) in [5.74, 6) is -0.0164. The molecule has 0 unspecified atom stereocenters. The highest BCUT2D eigenvalue weighted by atomic mass is 16.2. The lowest BCUT2D eigenvalue weighted by molar-refractivity contribution is 0.102. The summed E-state index contributed by atoms with van der Waals surface area (Å²) in [6.45, 7) is 4.30. The molecular formula is C25H22N2O2. The van der Waals surface area contributed by atoms with E-state index < -0.39 is 5.91 Å². The summed E-state index contributed by atoms with van der Waals surface area (Å²) in [5, 5.41) is 3.42. The van der Waals surface area contributed by atoms with Crippen LogP contribution in [0, 0.1) is 0 Å². The minimum absolute atomic E-state index is 0.0921. The zero-order valence-corrected chi connectivity index (χ0v) is 16.4. The van der Waals surface area contributed by atoms with Crippen LogP contribution in [0.3, 0.4) is 0 Å². The first-order valence-corrected chi connectivity index (χ1v) is 9.66. The van der Waals surface area contributed by atoms with Gasteiger partial charge in [-0.25, -0.2) is 0 Å². The van der Waals surface area contributed by atoms with Gasteiger partial charge in [0.1, 0.15) is 5.56 Å². The molecule has 0 saturated heterocycles. The second-order valence-corrected chi connectivity index (χ2v) is 7.36. The lowest BCUT2D eigenvalue weighted by atomic mass is 9.96. The van der Waals surface area contributed by atoms with E-state index in [2.05, 4.69) is 36.3 Å². The van der Waals surface area contributed by atoms with E-state index in [1.165, 1.54) is 11.8 Å². The maximum absolute atomic E-state index is 12.9. The van der Waals surface area contributed by atoms with Crippen molar-refractivity contribution in [1.29, 1.82) is 0 Å². The number of nitrogens with one attached hydrogen (secondary N) is 2. The summed E-state index contributed by atoms with van der Waals surface area (Å²) in [6, 6.07) is 23.1. The number of hydrogen-bond acceptors (Lipinski definition) is 2. The molecule has 29 heavy (non-hydrogen) atoms. The SMILES string of the molecule is CC(C)c1cccc(-c2ccccc2NC(=O)c2c[nH]c3ccccc3c2=O)c1. The van der Waals surface area contributed by atoms with Crippen molar-refractivity contribution in [2.75, 3.05) is 5.32 Å². The molecule has 4 rings (SSSR count). The molecule has 0 fully saturated rings. The number of aromatic nitrogens is 1. The van der Waals surface area contributed by atoms with Crippen LogP contribution in [0.25, 0.3) is 22.0 Å². The van der Waals surface area contributed by atoms with Crippen molar-refractivity contribution in [2.45, 2.75) is 19.8 Å². The normalized spacial score (nSPS) is 11.0. The molecule has 0 saturated carbocycles. The van der Waals surface area contributed by atoms with E-state index in [-0.39, 0.29) is 11.0 Å². The first-order chi connectivity index (χ1) is 14.0. The van der Waals surface area contributed by atoms with Gasteiger partial charge in [-0.3, -0.25) is 9.59 Å². The first kappa shape index (κ1) is 18.7. The standard InChI is InChI=1S/C25H22N2O2/c1-16(2)17-8-7-9-18(14-17)19-10-3-6-13-23(19)27-25(29)21-15-26-22-12-5-4-11-20(22)24(21)28/h3-16H,1-2H3,(H,26,28)(H,27,29). The van der Waals surface area contributed by atoms with Gasteiger partial charge in [0.2, 0.25) is 5.43 Å². The number of hydrogen-bond donors (Lipinski definition) is 2. The molecule has 1 aromatic heterocycles. The Labute approximate surface area is 169 Å². The van der Waals surface area contributed by atoms with Crippen molar-refractivity contribution in [2.24, 2.45) is 0 Å². The summed E-state index contributed by atoms with van der Waals surface area (Å²) in [5.41, 5.74) is 4.37. The summed E-state index contributed by atoms with van der Waals surface area (Å²) >= 11 is 0. The van der Waals surface area contributed by atoms with E-state index in [9.17, 15) is 9.59 Å². The molecule has 1 amide bonds. The number of para-hydroxylation sites is 2. The molecule has 0 radical (unpaired) electrons. The fourth-order valence-electron chi connectivity index (χ4n) is 3.44. The van der Waals surface area contributed by atoms with Gasteiger partial charge in [0.05, 0.1) is 0 Å². The maximum Gasteiger partial charge on any atom is 0.261 e. The number of carbonyl (C=O) groups is 1. The molecule has 0 atom stereocenters. The molecule has 0 bridgehead atoms. The minimum atomic E-state index is -0.426. The highest BCUT2D eigenvalue weighted by molar-refractivity contribution is 6.07. The zero-order chi connectivity index (χ0) is 20.4. The average molecular weight is 382 g/mol. The van der Waals surface area contributed by atoms with E-state index in [1.807, 2.05) is 48.5 Å². The Balaban J connectivity index is 1.71. The predicted octanol–water partition coefficient (Wildman–Crippen LogP) is 5.57. The Morgan fingerprint density at radius 2 is 1.69 bits per heavy atom. The van der Waals surface area contributed by atoms with Crippen molar-refractivity contribution in [3.63, 3.8) is 0 Å². The van der Waals surface area contributed by atoms with E-state index >= 15 is 0 Å². The van der Waals surface area contributed by atoms with Gasteiger partial charge in [-0.2, -0.15) is 0 Å². The Kier molecular flexibility index (Phi) is 5.00. The van der Waals surface area contributed by atoms with Crippen LogP contribution in [0.4, 0.5) is 5.69 Å². The third kappa shape index (κ3) is 3.69. The summed E-state index contributed by atoms with van der Waals surface area (Å²) < 4.78 is 0. The zero-order valence-electron chi connectivity index (χ0n) is 16.4. The van der Waals surface area contributed by atoms with E-state index in [0.29, 0.717) is 22.5 Å². The van der Waals surface area contributed by atoms with Crippen molar-refractivity contribution < 1.29 is 4.79 Å². The molecule has 4 aromatic rings. The van der Waals surface area contributed by atoms with Gasteiger partial charge in [0.15, 0.2) is 0 Å². The second kappa shape index (κ2) is 7.76. The van der Waals surface area contributed by atoms with Gasteiger partial charge in [-0.1, -0.05) is 68.4 Å². The molecule has 0 aliphatic carbocycles. The summed E-state index contributed by atoms with van der Waals surface area (Å²) in [4.78, 5) is 28.7. The van der Waals surface area contributed by atoms with Gasteiger partial charge in [-0.05, 0) is 35.2 Å². The molecule has 0 aliphatic rings. The molecule has 3 aromatic carbocycles. The van der Waals surface area contributed by atoms with Crippen LogP contribution in [0.5, 0.6) is 0 Å². The maximum atomic E-state index is 12.9. The average Bonchev–Trinajstić information content (AvgIpc) is 2.74. The van der Waals surface area contributed by atoms with E-state index in [4.69, 9.17) is 0 Å². The van der Waals surface area contributed by atoms with Gasteiger partial charge < -0.3 is 10.3 Å². The van der Waals surface area contributed by atoms with Gasteiger partial charge >= 0.3 is 0 Å². The highest BCUT2D eigenvalue weighted by Gasteiger charge is 2.15. The lowest BCUT2D eigenvalue weighted by Gasteiger charge is -2.13. The van der Waals surface area contributed by atoms with Crippen LogP contribution >= 0.6 is 0 Å². The summed E-state index contributed by atoms with van der Waals surface area (Å²) in [6.07, 6.45) is 1.47. The molecule has 1 heterocycles. The Morgan fingerprint density at radius 1 is 0.931 bits per heavy atom. The highest BCUT2D eigenvalue weighted by Crippen LogP contribution is 2.30. The number of pyridine rings is 1. The third-order valence-electron chi connectivity index (χ3n) is 5.07. The fraction of sp³-hybridized carbons (Fsp3) is 0.120. The van der Waals surface area contributed by atoms with Gasteiger partial charge in [-0.15, -0.1) is 0 Å². The largest absolute Gasteiger partial charge is 0.360 e. The Morgan fingerprint density at radius 3 is 2.52 bits per heavy atom. The van der Waals surface area contributed by atoms with Crippen LogP contribution in [0.15, 0.2) is 83.8 Å². The number of H-pyrrole nitrogens is 1. The van der Waals surface area contributed by atoms with Crippen molar-refractivity contribution >= 4 is 22.5 Å². The molecule has 4 heteroatoms. The second-order valence-electron chi connectivity index (χ2n) is 7.36. The molecule has 0 spiro atoms. The quantitative estimate of drug-likeness (QED) is 0.485. The number of rotatable bonds is 4. The van der Waals surface area contributed by atoms with Crippen LogP contribution < -0.4 is 10.7 Å². The van der Waals surface area contributed by atoms with Crippen LogP contribution in [-0.2, 0) is 0 Å². The van der Waals surface area contributed by atoms with Crippen molar-refractivity contribution in [1.82, 2.24) is 4.98 Å². The minimum Gasteiger partial charge on any atom is -0.360 e. The number of fused-ring (bicyclic) bond motifs is 1. The van der Waals surface area contributed by atoms with Gasteiger partial charge in [0.25, 0.3) is 5.91 Å². The number of amides is 1. The molecule has 0 aliphatic heterocycles. The number of anilines is 1. The topological polar surface area (TPSA) is 62.0 Å². The molecule has 4 nitrogen and oxygen atoms in total. The van der Waals surface area contributed by atoms with Crippen molar-refractivity contribution in [3.05, 3.63) is 100 Å².